The molecule has 2 heteroatoms. The second-order valence-corrected chi connectivity index (χ2v) is 4.93. The molecule has 0 amide bonds. The molecule has 1 rings (SSSR count). The summed E-state index contributed by atoms with van der Waals surface area (Å²) >= 11 is 0. The third-order valence-corrected chi connectivity index (χ3v) is 4.04. The van der Waals surface area contributed by atoms with Gasteiger partial charge in [-0.2, -0.15) is 0 Å². The van der Waals surface area contributed by atoms with E-state index in [1.54, 1.807) is 0 Å². The second-order valence-electron chi connectivity index (χ2n) is 4.93. The Bertz CT molecular complexity index is 152. The summed E-state index contributed by atoms with van der Waals surface area (Å²) in [5.74, 6) is 0.770. The number of halogens is 1. The Morgan fingerprint density at radius 1 is 1.25 bits per heavy atom. The Morgan fingerprint density at radius 3 is 2.08 bits per heavy atom. The monoisotopic (exact) mass is 191 g/mol. The Labute approximate surface area is 82.5 Å². The van der Waals surface area contributed by atoms with Crippen molar-refractivity contribution in [1.82, 2.24) is 0 Å². The lowest BCUT2D eigenvalue weighted by Crippen LogP contribution is -2.55. The van der Waals surface area contributed by atoms with E-state index in [4.69, 9.17) is 5.73 Å². The Hall–Kier alpha value is 0.250. The molecule has 12 heavy (non-hydrogen) atoms. The summed E-state index contributed by atoms with van der Waals surface area (Å²) in [6, 6.07) is 0. The zero-order valence-corrected chi connectivity index (χ0v) is 9.50. The number of nitrogens with two attached hydrogens (primary N) is 1. The smallest absolute Gasteiger partial charge is 0.0180 e. The minimum atomic E-state index is 0. The summed E-state index contributed by atoms with van der Waals surface area (Å²) in [6.45, 7) is 9.13. The Balaban J connectivity index is 0.00000121. The molecule has 0 heterocycles. The van der Waals surface area contributed by atoms with Crippen molar-refractivity contribution in [1.29, 1.82) is 0 Å². The van der Waals surface area contributed by atoms with Gasteiger partial charge in [-0.25, -0.2) is 0 Å². The summed E-state index contributed by atoms with van der Waals surface area (Å²) in [5.41, 5.74) is 6.60. The highest BCUT2D eigenvalue weighted by molar-refractivity contribution is 5.85. The fourth-order valence-corrected chi connectivity index (χ4v) is 2.02. The van der Waals surface area contributed by atoms with Crippen molar-refractivity contribution in [2.45, 2.75) is 52.5 Å². The van der Waals surface area contributed by atoms with E-state index in [2.05, 4.69) is 27.7 Å². The molecule has 0 aromatic rings. The molecular formula is C10H22ClN. The van der Waals surface area contributed by atoms with Crippen molar-refractivity contribution in [3.63, 3.8) is 0 Å². The maximum absolute atomic E-state index is 6.25. The van der Waals surface area contributed by atoms with Crippen LogP contribution in [0.3, 0.4) is 0 Å². The van der Waals surface area contributed by atoms with Crippen molar-refractivity contribution in [2.75, 3.05) is 0 Å². The van der Waals surface area contributed by atoms with Crippen LogP contribution in [0.4, 0.5) is 0 Å². The molecular weight excluding hydrogens is 170 g/mol. The minimum absolute atomic E-state index is 0. The molecule has 0 spiro atoms. The lowest BCUT2D eigenvalue weighted by Gasteiger charge is -2.49. The number of hydrogen-bond acceptors (Lipinski definition) is 1. The zero-order valence-electron chi connectivity index (χ0n) is 8.68. The lowest BCUT2D eigenvalue weighted by molar-refractivity contribution is 0.0542. The highest BCUT2D eigenvalue weighted by Crippen LogP contribution is 2.45. The molecule has 0 aromatic carbocycles. The van der Waals surface area contributed by atoms with Gasteiger partial charge in [0, 0.05) is 5.54 Å². The lowest BCUT2D eigenvalue weighted by atomic mass is 9.59. The van der Waals surface area contributed by atoms with Crippen molar-refractivity contribution in [3.8, 4) is 0 Å². The molecule has 74 valence electrons. The van der Waals surface area contributed by atoms with Gasteiger partial charge >= 0.3 is 0 Å². The van der Waals surface area contributed by atoms with Gasteiger partial charge in [0.05, 0.1) is 0 Å². The molecule has 2 N–H and O–H groups in total. The first-order valence-electron chi connectivity index (χ1n) is 4.67. The summed E-state index contributed by atoms with van der Waals surface area (Å²) in [5, 5.41) is 0. The molecule has 0 radical (unpaired) electrons. The van der Waals surface area contributed by atoms with Gasteiger partial charge in [0.1, 0.15) is 0 Å². The highest BCUT2D eigenvalue weighted by Gasteiger charge is 2.43. The fourth-order valence-electron chi connectivity index (χ4n) is 2.02. The van der Waals surface area contributed by atoms with Crippen LogP contribution in [0, 0.1) is 11.3 Å². The van der Waals surface area contributed by atoms with Gasteiger partial charge < -0.3 is 5.73 Å². The van der Waals surface area contributed by atoms with Crippen LogP contribution in [0.25, 0.3) is 0 Å². The summed E-state index contributed by atoms with van der Waals surface area (Å²) in [7, 11) is 0. The van der Waals surface area contributed by atoms with E-state index >= 15 is 0 Å². The van der Waals surface area contributed by atoms with Crippen LogP contribution >= 0.6 is 12.4 Å². The van der Waals surface area contributed by atoms with Gasteiger partial charge in [-0.15, -0.1) is 12.4 Å². The quantitative estimate of drug-likeness (QED) is 0.626. The van der Waals surface area contributed by atoms with E-state index in [-0.39, 0.29) is 17.9 Å². The largest absolute Gasteiger partial charge is 0.325 e. The Morgan fingerprint density at radius 2 is 1.75 bits per heavy atom. The van der Waals surface area contributed by atoms with E-state index in [1.807, 2.05) is 0 Å². The van der Waals surface area contributed by atoms with Crippen LogP contribution < -0.4 is 5.73 Å². The van der Waals surface area contributed by atoms with E-state index in [1.165, 1.54) is 19.3 Å². The van der Waals surface area contributed by atoms with Gasteiger partial charge in [-0.1, -0.05) is 33.6 Å². The van der Waals surface area contributed by atoms with E-state index < -0.39 is 0 Å². The molecule has 2 unspecified atom stereocenters. The normalized spacial score (nSPS) is 40.2. The summed E-state index contributed by atoms with van der Waals surface area (Å²) in [6.07, 6.45) is 3.84. The molecule has 0 aliphatic heterocycles. The summed E-state index contributed by atoms with van der Waals surface area (Å²) in [4.78, 5) is 0. The number of hydrogen-bond donors (Lipinski definition) is 1. The average Bonchev–Trinajstić information content (AvgIpc) is 1.84. The predicted molar refractivity (Wildman–Crippen MR) is 56.6 cm³/mol. The molecule has 1 saturated carbocycles. The van der Waals surface area contributed by atoms with Crippen molar-refractivity contribution >= 4 is 12.4 Å². The maximum atomic E-state index is 6.25. The minimum Gasteiger partial charge on any atom is -0.325 e. The highest BCUT2D eigenvalue weighted by atomic mass is 35.5. The van der Waals surface area contributed by atoms with Gasteiger partial charge in [0.15, 0.2) is 0 Å². The molecule has 1 fully saturated rings. The van der Waals surface area contributed by atoms with E-state index in [9.17, 15) is 0 Å². The predicted octanol–water partition coefficient (Wildman–Crippen LogP) is 2.97. The van der Waals surface area contributed by atoms with Crippen LogP contribution in [0.2, 0.25) is 0 Å². The third kappa shape index (κ3) is 1.77. The SMILES string of the molecule is CC1CCCC(C)(N)C1(C)C.Cl. The van der Waals surface area contributed by atoms with E-state index in [0.717, 1.165) is 5.92 Å². The topological polar surface area (TPSA) is 26.0 Å². The zero-order chi connectivity index (χ0) is 8.70. The van der Waals surface area contributed by atoms with Crippen LogP contribution in [0.15, 0.2) is 0 Å². The molecule has 1 aliphatic rings. The first kappa shape index (κ1) is 12.2. The summed E-state index contributed by atoms with van der Waals surface area (Å²) < 4.78 is 0. The molecule has 0 aromatic heterocycles. The van der Waals surface area contributed by atoms with E-state index in [0.29, 0.717) is 5.41 Å². The molecule has 1 aliphatic carbocycles. The van der Waals surface area contributed by atoms with Crippen LogP contribution in [0.5, 0.6) is 0 Å². The van der Waals surface area contributed by atoms with Crippen LogP contribution in [0.1, 0.15) is 47.0 Å². The van der Waals surface area contributed by atoms with Gasteiger partial charge in [-0.05, 0) is 24.7 Å². The van der Waals surface area contributed by atoms with Gasteiger partial charge in [0.25, 0.3) is 0 Å². The first-order chi connectivity index (χ1) is 4.88. The number of rotatable bonds is 0. The molecule has 2 atom stereocenters. The average molecular weight is 192 g/mol. The van der Waals surface area contributed by atoms with Gasteiger partial charge in [-0.3, -0.25) is 0 Å². The fraction of sp³-hybridized carbons (Fsp3) is 1.00. The molecule has 0 bridgehead atoms. The Kier molecular flexibility index (Phi) is 3.62. The standard InChI is InChI=1S/C10H21N.ClH/c1-8-6-5-7-10(4,11)9(8,2)3;/h8H,5-7,11H2,1-4H3;1H. The van der Waals surface area contributed by atoms with Crippen LogP contribution in [-0.4, -0.2) is 5.54 Å². The second kappa shape index (κ2) is 3.55. The van der Waals surface area contributed by atoms with Crippen molar-refractivity contribution in [3.05, 3.63) is 0 Å². The van der Waals surface area contributed by atoms with Crippen molar-refractivity contribution < 1.29 is 0 Å². The first-order valence-corrected chi connectivity index (χ1v) is 4.67. The molecule has 0 saturated heterocycles. The third-order valence-electron chi connectivity index (χ3n) is 4.04. The van der Waals surface area contributed by atoms with Crippen LogP contribution in [-0.2, 0) is 0 Å². The van der Waals surface area contributed by atoms with Crippen molar-refractivity contribution in [2.24, 2.45) is 17.1 Å². The maximum Gasteiger partial charge on any atom is 0.0180 e. The molecule has 1 nitrogen and oxygen atoms in total. The van der Waals surface area contributed by atoms with Gasteiger partial charge in [0.2, 0.25) is 0 Å².